The fraction of sp³-hybridized carbons (Fsp3) is 0.522. The zero-order chi connectivity index (χ0) is 22.6. The molecule has 32 heavy (non-hydrogen) atoms. The van der Waals surface area contributed by atoms with Crippen LogP contribution in [0.15, 0.2) is 34.9 Å². The Balaban J connectivity index is 1.52. The van der Waals surface area contributed by atoms with E-state index >= 15 is 0 Å². The van der Waals surface area contributed by atoms with E-state index in [1.54, 1.807) is 30.0 Å². The van der Waals surface area contributed by atoms with E-state index in [9.17, 15) is 9.59 Å². The zero-order valence-electron chi connectivity index (χ0n) is 18.2. The van der Waals surface area contributed by atoms with Crippen molar-refractivity contribution in [1.82, 2.24) is 15.0 Å². The van der Waals surface area contributed by atoms with Gasteiger partial charge in [-0.3, -0.25) is 9.59 Å². The number of halogens is 1. The summed E-state index contributed by atoms with van der Waals surface area (Å²) in [6, 6.07) is 8.84. The van der Waals surface area contributed by atoms with E-state index in [0.29, 0.717) is 69.0 Å². The van der Waals surface area contributed by atoms with E-state index in [1.165, 1.54) is 0 Å². The van der Waals surface area contributed by atoms with Crippen molar-refractivity contribution < 1.29 is 23.6 Å². The van der Waals surface area contributed by atoms with Crippen LogP contribution >= 0.6 is 11.6 Å². The maximum Gasteiger partial charge on any atom is 0.276 e. The summed E-state index contributed by atoms with van der Waals surface area (Å²) in [6.45, 7) is 5.36. The Morgan fingerprint density at radius 1 is 1.19 bits per heavy atom. The van der Waals surface area contributed by atoms with Gasteiger partial charge in [0.1, 0.15) is 11.5 Å². The number of rotatable bonds is 6. The largest absolute Gasteiger partial charge is 0.493 e. The van der Waals surface area contributed by atoms with Gasteiger partial charge in [-0.2, -0.15) is 0 Å². The third-order valence-electron chi connectivity index (χ3n) is 6.03. The molecule has 1 aromatic heterocycles. The Hall–Kier alpha value is -2.58. The predicted octanol–water partition coefficient (Wildman–Crippen LogP) is 3.19. The highest BCUT2D eigenvalue weighted by Crippen LogP contribution is 2.36. The summed E-state index contributed by atoms with van der Waals surface area (Å²) in [4.78, 5) is 29.8. The minimum absolute atomic E-state index is 0.0644. The van der Waals surface area contributed by atoms with Crippen molar-refractivity contribution in [2.24, 2.45) is 5.41 Å². The molecule has 0 bridgehead atoms. The number of carbonyl (C=O) groups excluding carboxylic acids is 2. The second kappa shape index (κ2) is 9.92. The molecule has 2 amide bonds. The number of benzene rings is 1. The number of amides is 2. The van der Waals surface area contributed by atoms with Crippen LogP contribution in [0.2, 0.25) is 5.02 Å². The Labute approximate surface area is 192 Å². The van der Waals surface area contributed by atoms with Crippen LogP contribution in [0.4, 0.5) is 0 Å². The summed E-state index contributed by atoms with van der Waals surface area (Å²) in [7, 11) is 0. The molecule has 0 aliphatic carbocycles. The van der Waals surface area contributed by atoms with E-state index < -0.39 is 5.41 Å². The molecule has 1 aromatic carbocycles. The molecular weight excluding hydrogens is 434 g/mol. The van der Waals surface area contributed by atoms with Crippen LogP contribution in [0, 0.1) is 12.3 Å². The van der Waals surface area contributed by atoms with Crippen LogP contribution < -0.4 is 4.74 Å². The van der Waals surface area contributed by atoms with Gasteiger partial charge >= 0.3 is 0 Å². The predicted molar refractivity (Wildman–Crippen MR) is 118 cm³/mol. The van der Waals surface area contributed by atoms with Crippen LogP contribution in [0.5, 0.6) is 5.75 Å². The first-order valence-corrected chi connectivity index (χ1v) is 11.3. The lowest BCUT2D eigenvalue weighted by Gasteiger charge is -2.43. The van der Waals surface area contributed by atoms with E-state index in [0.717, 1.165) is 12.8 Å². The topological polar surface area (TPSA) is 85.1 Å². The van der Waals surface area contributed by atoms with E-state index in [4.69, 9.17) is 25.6 Å². The van der Waals surface area contributed by atoms with E-state index in [1.807, 2.05) is 17.0 Å². The Bertz CT molecular complexity index is 959. The van der Waals surface area contributed by atoms with Gasteiger partial charge in [0.15, 0.2) is 5.69 Å². The Morgan fingerprint density at radius 3 is 2.72 bits per heavy atom. The number of piperidine rings is 1. The van der Waals surface area contributed by atoms with Gasteiger partial charge < -0.3 is 23.8 Å². The molecule has 172 valence electrons. The van der Waals surface area contributed by atoms with Crippen LogP contribution in [-0.4, -0.2) is 72.8 Å². The molecule has 2 fully saturated rings. The van der Waals surface area contributed by atoms with Gasteiger partial charge in [0, 0.05) is 49.1 Å². The van der Waals surface area contributed by atoms with Gasteiger partial charge in [0.25, 0.3) is 5.91 Å². The van der Waals surface area contributed by atoms with Gasteiger partial charge in [0.05, 0.1) is 19.8 Å². The second-order valence-electron chi connectivity index (χ2n) is 8.57. The molecule has 9 heteroatoms. The standard InChI is InChI=1S/C23H28ClN3O5/c1-17-12-20(25-32-17)22(29)27-7-3-6-23(15-27,14-21(28)26-8-10-30-11-9-26)16-31-19-5-2-4-18(24)13-19/h2,4-5,12-13H,3,6-11,14-16H2,1H3/t23-/m1/s1. The smallest absolute Gasteiger partial charge is 0.276 e. The van der Waals surface area contributed by atoms with Crippen LogP contribution in [0.1, 0.15) is 35.5 Å². The molecule has 8 nitrogen and oxygen atoms in total. The molecule has 0 spiro atoms. The summed E-state index contributed by atoms with van der Waals surface area (Å²) in [6.07, 6.45) is 1.86. The zero-order valence-corrected chi connectivity index (χ0v) is 19.0. The minimum atomic E-state index is -0.510. The van der Waals surface area contributed by atoms with Gasteiger partial charge in [-0.05, 0) is 38.0 Å². The van der Waals surface area contributed by atoms with Crippen molar-refractivity contribution in [3.63, 3.8) is 0 Å². The number of carbonyl (C=O) groups is 2. The normalized spacial score (nSPS) is 21.4. The third-order valence-corrected chi connectivity index (χ3v) is 6.26. The number of nitrogens with zero attached hydrogens (tertiary/aromatic N) is 3. The molecule has 0 N–H and O–H groups in total. The maximum absolute atomic E-state index is 13.1. The quantitative estimate of drug-likeness (QED) is 0.656. The summed E-state index contributed by atoms with van der Waals surface area (Å²) in [5.74, 6) is 1.11. The highest BCUT2D eigenvalue weighted by molar-refractivity contribution is 6.30. The number of aromatic nitrogens is 1. The summed E-state index contributed by atoms with van der Waals surface area (Å²) < 4.78 is 16.6. The lowest BCUT2D eigenvalue weighted by atomic mass is 9.77. The van der Waals surface area contributed by atoms with E-state index in [2.05, 4.69) is 5.16 Å². The molecular formula is C23H28ClN3O5. The van der Waals surface area contributed by atoms with E-state index in [-0.39, 0.29) is 17.5 Å². The average Bonchev–Trinajstić information content (AvgIpc) is 3.24. The molecule has 1 atom stereocenters. The first-order chi connectivity index (χ1) is 15.4. The minimum Gasteiger partial charge on any atom is -0.493 e. The summed E-state index contributed by atoms with van der Waals surface area (Å²) in [5, 5.41) is 4.46. The molecule has 0 radical (unpaired) electrons. The second-order valence-corrected chi connectivity index (χ2v) is 9.01. The molecule has 2 aliphatic rings. The van der Waals surface area contributed by atoms with Crippen LogP contribution in [-0.2, 0) is 9.53 Å². The molecule has 2 aromatic rings. The molecule has 2 aliphatic heterocycles. The number of hydrogen-bond donors (Lipinski definition) is 0. The first-order valence-electron chi connectivity index (χ1n) is 10.9. The van der Waals surface area contributed by atoms with Crippen LogP contribution in [0.25, 0.3) is 0 Å². The lowest BCUT2D eigenvalue weighted by Crippen LogP contribution is -2.52. The SMILES string of the molecule is Cc1cc(C(=O)N2CCC[C@@](COc3cccc(Cl)c3)(CC(=O)N3CCOCC3)C2)no1. The maximum atomic E-state index is 13.1. The van der Waals surface area contributed by atoms with Crippen molar-refractivity contribution in [2.75, 3.05) is 46.0 Å². The van der Waals surface area contributed by atoms with Crippen molar-refractivity contribution in [3.8, 4) is 5.75 Å². The Kier molecular flexibility index (Phi) is 7.01. The van der Waals surface area contributed by atoms with Gasteiger partial charge in [-0.15, -0.1) is 0 Å². The highest BCUT2D eigenvalue weighted by Gasteiger charge is 2.41. The fourth-order valence-corrected chi connectivity index (χ4v) is 4.54. The molecule has 4 rings (SSSR count). The number of likely N-dealkylation sites (tertiary alicyclic amines) is 1. The molecule has 2 saturated heterocycles. The highest BCUT2D eigenvalue weighted by atomic mass is 35.5. The lowest BCUT2D eigenvalue weighted by molar-refractivity contribution is -0.139. The van der Waals surface area contributed by atoms with Crippen LogP contribution in [0.3, 0.4) is 0 Å². The average molecular weight is 462 g/mol. The number of hydrogen-bond acceptors (Lipinski definition) is 6. The fourth-order valence-electron chi connectivity index (χ4n) is 4.36. The first kappa shape index (κ1) is 22.6. The summed E-state index contributed by atoms with van der Waals surface area (Å²) in [5.41, 5.74) is -0.224. The number of aryl methyl sites for hydroxylation is 1. The third kappa shape index (κ3) is 5.42. The molecule has 3 heterocycles. The van der Waals surface area contributed by atoms with Crippen molar-refractivity contribution in [3.05, 3.63) is 46.8 Å². The monoisotopic (exact) mass is 461 g/mol. The molecule has 0 saturated carbocycles. The number of ether oxygens (including phenoxy) is 2. The van der Waals surface area contributed by atoms with Gasteiger partial charge in [0.2, 0.25) is 5.91 Å². The summed E-state index contributed by atoms with van der Waals surface area (Å²) >= 11 is 6.10. The van der Waals surface area contributed by atoms with Crippen molar-refractivity contribution in [1.29, 1.82) is 0 Å². The van der Waals surface area contributed by atoms with Gasteiger partial charge in [-0.25, -0.2) is 0 Å². The Morgan fingerprint density at radius 2 is 2.00 bits per heavy atom. The number of morpholine rings is 1. The van der Waals surface area contributed by atoms with Crippen molar-refractivity contribution >= 4 is 23.4 Å². The van der Waals surface area contributed by atoms with Crippen molar-refractivity contribution in [2.45, 2.75) is 26.2 Å². The molecule has 0 unspecified atom stereocenters. The van der Waals surface area contributed by atoms with Gasteiger partial charge in [-0.1, -0.05) is 22.8 Å².